The normalized spacial score (nSPS) is 30.1. The van der Waals surface area contributed by atoms with Crippen LogP contribution in [-0.2, 0) is 21.7 Å². The summed E-state index contributed by atoms with van der Waals surface area (Å²) in [6.07, 6.45) is 14.8. The summed E-state index contributed by atoms with van der Waals surface area (Å²) in [7, 11) is 0. The molecule has 16 rings (SSSR count). The maximum Gasteiger partial charge on any atom is 0.252 e. The highest BCUT2D eigenvalue weighted by Gasteiger charge is 2.61. The second-order valence-electron chi connectivity index (χ2n) is 32.8. The van der Waals surface area contributed by atoms with Crippen LogP contribution in [0.15, 0.2) is 114 Å². The van der Waals surface area contributed by atoms with Crippen LogP contribution in [0.3, 0.4) is 0 Å². The van der Waals surface area contributed by atoms with Crippen LogP contribution in [0.2, 0.25) is 0 Å². The van der Waals surface area contributed by atoms with E-state index in [2.05, 4.69) is 232 Å². The molecule has 0 spiro atoms. The Morgan fingerprint density at radius 1 is 0.494 bits per heavy atom. The maximum absolute atomic E-state index is 7.10. The molecule has 6 aromatic carbocycles. The Hall–Kier alpha value is -5.88. The van der Waals surface area contributed by atoms with Gasteiger partial charge < -0.3 is 23.7 Å². The lowest BCUT2D eigenvalue weighted by atomic mass is 9.33. The Kier molecular flexibility index (Phi) is 10.6. The third-order valence-electron chi connectivity index (χ3n) is 25.6. The first kappa shape index (κ1) is 52.7. The zero-order valence-electron chi connectivity index (χ0n) is 53.0. The molecular formula is C77H91BN4O. The fraction of sp³-hybridized carbons (Fsp3) is 0.506. The predicted octanol–water partition coefficient (Wildman–Crippen LogP) is 18.8. The van der Waals surface area contributed by atoms with E-state index in [1.807, 2.05) is 0 Å². The summed E-state index contributed by atoms with van der Waals surface area (Å²) >= 11 is 0. The first-order valence-electron chi connectivity index (χ1n) is 32.8. The molecule has 428 valence electrons. The summed E-state index contributed by atoms with van der Waals surface area (Å²) in [5, 5.41) is 2.40. The third kappa shape index (κ3) is 6.74. The Morgan fingerprint density at radius 2 is 1.05 bits per heavy atom. The van der Waals surface area contributed by atoms with Gasteiger partial charge in [-0.3, -0.25) is 0 Å². The van der Waals surface area contributed by atoms with Gasteiger partial charge in [0.05, 0.1) is 16.6 Å². The molecule has 4 aliphatic carbocycles. The SMILES string of the molecule is CC1CC2C(CC1N1c3cc(N4c5ccc(C(C)(C)C)cc5C5(C)CCCCC45C)ccc3B3c4c1cc(N1c5ccc(C(C)(C)C)cc5C5(C)CCCCC15C)cc4-n1c4c3cccc4c3oc4ccccc4c31)C(C)(C)CCC2(C)C. The van der Waals surface area contributed by atoms with Gasteiger partial charge in [-0.2, -0.15) is 0 Å². The third-order valence-corrected chi connectivity index (χ3v) is 25.6. The van der Waals surface area contributed by atoms with E-state index in [-0.39, 0.29) is 44.9 Å². The summed E-state index contributed by atoms with van der Waals surface area (Å²) in [6.45, 7) is 38.1. The Labute approximate surface area is 496 Å². The van der Waals surface area contributed by atoms with Crippen LogP contribution in [0.4, 0.5) is 34.1 Å². The van der Waals surface area contributed by atoms with E-state index >= 15 is 0 Å². The number of rotatable bonds is 3. The van der Waals surface area contributed by atoms with Crippen LogP contribution >= 0.6 is 0 Å². The van der Waals surface area contributed by atoms with Gasteiger partial charge in [0.15, 0.2) is 5.58 Å². The largest absolute Gasteiger partial charge is 0.454 e. The molecule has 5 nitrogen and oxygen atoms in total. The fourth-order valence-corrected chi connectivity index (χ4v) is 20.2. The number of benzene rings is 6. The number of nitrogens with zero attached hydrogens (tertiary/aromatic N) is 4. The molecule has 83 heavy (non-hydrogen) atoms. The monoisotopic (exact) mass is 1100 g/mol. The smallest absolute Gasteiger partial charge is 0.252 e. The van der Waals surface area contributed by atoms with Crippen molar-refractivity contribution in [3.63, 3.8) is 0 Å². The van der Waals surface area contributed by atoms with E-state index in [9.17, 15) is 0 Å². The molecule has 8 aromatic rings. The van der Waals surface area contributed by atoms with Crippen LogP contribution in [-0.4, -0.2) is 28.4 Å². The van der Waals surface area contributed by atoms with Gasteiger partial charge in [0, 0.05) is 67.5 Å². The van der Waals surface area contributed by atoms with Crippen LogP contribution in [0.1, 0.15) is 203 Å². The van der Waals surface area contributed by atoms with Gasteiger partial charge >= 0.3 is 0 Å². The fourth-order valence-electron chi connectivity index (χ4n) is 20.2. The minimum Gasteiger partial charge on any atom is -0.454 e. The van der Waals surface area contributed by atoms with Crippen molar-refractivity contribution in [1.82, 2.24) is 4.57 Å². The van der Waals surface area contributed by atoms with Crippen molar-refractivity contribution in [2.45, 2.75) is 220 Å². The molecule has 0 amide bonds. The average molecular weight is 1100 g/mol. The van der Waals surface area contributed by atoms with E-state index in [4.69, 9.17) is 4.42 Å². The lowest BCUT2D eigenvalue weighted by Gasteiger charge is -2.59. The molecule has 6 heteroatoms. The Morgan fingerprint density at radius 3 is 1.67 bits per heavy atom. The van der Waals surface area contributed by atoms with E-state index < -0.39 is 0 Å². The first-order valence-corrected chi connectivity index (χ1v) is 32.8. The van der Waals surface area contributed by atoms with E-state index in [0.717, 1.165) is 17.6 Å². The minimum atomic E-state index is -0.133. The van der Waals surface area contributed by atoms with Crippen LogP contribution in [0, 0.1) is 28.6 Å². The van der Waals surface area contributed by atoms with Crippen molar-refractivity contribution in [2.75, 3.05) is 14.7 Å². The van der Waals surface area contributed by atoms with Gasteiger partial charge in [0.2, 0.25) is 0 Å². The van der Waals surface area contributed by atoms with Crippen LogP contribution < -0.4 is 31.1 Å². The van der Waals surface area contributed by atoms with Gasteiger partial charge in [-0.1, -0.05) is 170 Å². The van der Waals surface area contributed by atoms with Crippen molar-refractivity contribution in [2.24, 2.45) is 28.6 Å². The predicted molar refractivity (Wildman–Crippen MR) is 353 cm³/mol. The van der Waals surface area contributed by atoms with Gasteiger partial charge in [0.1, 0.15) is 11.1 Å². The number of aromatic nitrogens is 1. The maximum atomic E-state index is 7.10. The van der Waals surface area contributed by atoms with E-state index in [1.165, 1.54) is 165 Å². The molecule has 8 atom stereocenters. The molecule has 4 fully saturated rings. The molecule has 0 radical (unpaired) electrons. The van der Waals surface area contributed by atoms with Crippen LogP contribution in [0.25, 0.3) is 38.7 Å². The number of fused-ring (bicyclic) bond motifs is 16. The lowest BCUT2D eigenvalue weighted by Crippen LogP contribution is -2.63. The number of hydrogen-bond donors (Lipinski definition) is 0. The molecule has 2 aromatic heterocycles. The quantitative estimate of drug-likeness (QED) is 0.165. The van der Waals surface area contributed by atoms with E-state index in [0.29, 0.717) is 29.2 Å². The number of furan rings is 1. The molecule has 0 bridgehead atoms. The second kappa shape index (κ2) is 16.8. The van der Waals surface area contributed by atoms with Crippen LogP contribution in [0.5, 0.6) is 0 Å². The molecule has 4 aliphatic heterocycles. The summed E-state index contributed by atoms with van der Waals surface area (Å²) in [6, 6.07) is 44.9. The van der Waals surface area contributed by atoms with Gasteiger partial charge in [-0.25, -0.2) is 0 Å². The molecule has 8 aliphatic rings. The number of para-hydroxylation sites is 2. The average Bonchev–Trinajstić information content (AvgIpc) is 1.68. The van der Waals surface area contributed by atoms with Crippen molar-refractivity contribution in [1.29, 1.82) is 0 Å². The molecule has 6 heterocycles. The number of anilines is 6. The highest BCUT2D eigenvalue weighted by molar-refractivity contribution is 7.00. The Balaban J connectivity index is 1.01. The topological polar surface area (TPSA) is 27.8 Å². The molecule has 0 saturated heterocycles. The lowest BCUT2D eigenvalue weighted by molar-refractivity contribution is -0.0621. The van der Waals surface area contributed by atoms with Gasteiger partial charge in [0.25, 0.3) is 6.71 Å². The number of hydrogen-bond acceptors (Lipinski definition) is 4. The summed E-state index contributed by atoms with van der Waals surface area (Å²) in [4.78, 5) is 8.82. The molecule has 0 N–H and O–H groups in total. The minimum absolute atomic E-state index is 0.0182. The van der Waals surface area contributed by atoms with E-state index in [1.54, 1.807) is 5.56 Å². The summed E-state index contributed by atoms with van der Waals surface area (Å²) in [5.41, 5.74) is 24.9. The molecular weight excluding hydrogens is 1010 g/mol. The molecule has 8 unspecified atom stereocenters. The van der Waals surface area contributed by atoms with Gasteiger partial charge in [-0.05, 0) is 198 Å². The summed E-state index contributed by atoms with van der Waals surface area (Å²) < 4.78 is 9.81. The zero-order valence-corrected chi connectivity index (χ0v) is 53.0. The van der Waals surface area contributed by atoms with Crippen molar-refractivity contribution >= 4 is 90.2 Å². The zero-order chi connectivity index (χ0) is 57.7. The Bertz CT molecular complexity index is 4080. The highest BCUT2D eigenvalue weighted by Crippen LogP contribution is 2.65. The molecule has 4 saturated carbocycles. The summed E-state index contributed by atoms with van der Waals surface area (Å²) in [5.74, 6) is 1.78. The standard InChI is InChI=1S/C77H91BN4O/c1-46-39-53-54(73(10,11)38-37-72(53,8)9)45-61(46)79-62-42-49(81-59-31-27-47(70(2,3)4)40-55(59)74(12)33-18-20-35-76(74,81)14)29-30-57(62)78-58-25-22-24-52-67(58)80(68-51-23-16-17-26-65(51)83-69(52)68)64-44-50(43-63(79)66(64)78)82-60-32-28-48(71(5,6)7)41-56(60)75(13)34-19-21-36-77(75,82)15/h16-17,22-32,40-44,46,53-54,61H,18-21,33-39,45H2,1-15H3. The van der Waals surface area contributed by atoms with Crippen molar-refractivity contribution in [3.8, 4) is 5.69 Å². The first-order chi connectivity index (χ1) is 39.3. The highest BCUT2D eigenvalue weighted by atomic mass is 16.3. The van der Waals surface area contributed by atoms with Gasteiger partial charge in [-0.15, -0.1) is 0 Å². The van der Waals surface area contributed by atoms with Crippen molar-refractivity contribution < 1.29 is 4.42 Å². The van der Waals surface area contributed by atoms with Crippen molar-refractivity contribution in [3.05, 3.63) is 131 Å². The second-order valence-corrected chi connectivity index (χ2v) is 32.8.